The summed E-state index contributed by atoms with van der Waals surface area (Å²) in [5.74, 6) is -3.29. The number of carbonyl (C=O) groups excluding carboxylic acids is 1. The summed E-state index contributed by atoms with van der Waals surface area (Å²) in [7, 11) is 0. The molecule has 0 saturated carbocycles. The fourth-order valence-corrected chi connectivity index (χ4v) is 5.72. The zero-order valence-corrected chi connectivity index (χ0v) is 23.9. The standard InChI is InChI=1S/C31H32ClF3N4O2/c1-20(38-11-13-39(14-12-38)22(3)40)26-17-27(32)28(25-10-6-8-23-7-4-5-9-24(23)25)29(33)30(26)36-21(2)41-16-15-37-18-31(34,35)19-37/h4-10,17H,2,11-16,18-19H2,1,3H3/b26-20+,36-30+. The van der Waals surface area contributed by atoms with E-state index in [1.54, 1.807) is 22.8 Å². The second kappa shape index (κ2) is 11.7. The molecule has 2 aliphatic heterocycles. The predicted octanol–water partition coefficient (Wildman–Crippen LogP) is 5.97. The minimum Gasteiger partial charge on any atom is -0.477 e. The van der Waals surface area contributed by atoms with Gasteiger partial charge in [0.05, 0.1) is 18.1 Å². The number of rotatable bonds is 7. The highest BCUT2D eigenvalue weighted by Gasteiger charge is 2.43. The summed E-state index contributed by atoms with van der Waals surface area (Å²) in [5.41, 5.74) is 2.12. The third kappa shape index (κ3) is 6.21. The van der Waals surface area contributed by atoms with Crippen LogP contribution >= 0.6 is 11.6 Å². The minimum absolute atomic E-state index is 0.0157. The first-order chi connectivity index (χ1) is 19.5. The highest BCUT2D eigenvalue weighted by Crippen LogP contribution is 2.41. The molecule has 1 amide bonds. The Kier molecular flexibility index (Phi) is 8.29. The van der Waals surface area contributed by atoms with Crippen LogP contribution in [0.15, 0.2) is 88.1 Å². The molecule has 2 saturated heterocycles. The number of ether oxygens (including phenoxy) is 1. The molecule has 0 radical (unpaired) electrons. The van der Waals surface area contributed by atoms with E-state index in [4.69, 9.17) is 16.3 Å². The van der Waals surface area contributed by atoms with E-state index in [0.29, 0.717) is 37.3 Å². The summed E-state index contributed by atoms with van der Waals surface area (Å²) in [6.45, 7) is 9.28. The maximum atomic E-state index is 16.6. The highest BCUT2D eigenvalue weighted by molar-refractivity contribution is 6.41. The van der Waals surface area contributed by atoms with Gasteiger partial charge in [0.25, 0.3) is 5.92 Å². The Bertz CT molecular complexity index is 1490. The smallest absolute Gasteiger partial charge is 0.272 e. The van der Waals surface area contributed by atoms with Crippen molar-refractivity contribution in [1.29, 1.82) is 0 Å². The monoisotopic (exact) mass is 584 g/mol. The molecule has 0 atom stereocenters. The summed E-state index contributed by atoms with van der Waals surface area (Å²) in [5, 5.41) is 2.02. The molecule has 0 N–H and O–H groups in total. The fourth-order valence-electron chi connectivity index (χ4n) is 5.43. The van der Waals surface area contributed by atoms with Gasteiger partial charge in [-0.2, -0.15) is 0 Å². The Labute approximate surface area is 242 Å². The molecular weight excluding hydrogens is 553 g/mol. The molecule has 10 heteroatoms. The summed E-state index contributed by atoms with van der Waals surface area (Å²) >= 11 is 6.80. The van der Waals surface area contributed by atoms with Crippen molar-refractivity contribution >= 4 is 39.6 Å². The van der Waals surface area contributed by atoms with Crippen LogP contribution in [0.5, 0.6) is 0 Å². The van der Waals surface area contributed by atoms with E-state index in [-0.39, 0.29) is 54.3 Å². The number of alkyl halides is 2. The van der Waals surface area contributed by atoms with Crippen molar-refractivity contribution < 1.29 is 22.7 Å². The van der Waals surface area contributed by atoms with Crippen LogP contribution in [-0.2, 0) is 9.53 Å². The number of aliphatic imine (C=N–C) groups is 1. The molecule has 5 rings (SSSR count). The molecule has 0 bridgehead atoms. The van der Waals surface area contributed by atoms with Gasteiger partial charge in [-0.05, 0) is 35.9 Å². The molecular formula is C31H32ClF3N4O2. The van der Waals surface area contributed by atoms with Crippen molar-refractivity contribution in [3.63, 3.8) is 0 Å². The fraction of sp³-hybridized carbons (Fsp3) is 0.355. The van der Waals surface area contributed by atoms with Crippen LogP contribution in [0.4, 0.5) is 13.2 Å². The number of amides is 1. The van der Waals surface area contributed by atoms with Crippen molar-refractivity contribution in [1.82, 2.24) is 14.7 Å². The highest BCUT2D eigenvalue weighted by atomic mass is 35.5. The average Bonchev–Trinajstić information content (AvgIpc) is 2.93. The second-order valence-corrected chi connectivity index (χ2v) is 10.9. The molecule has 2 fully saturated rings. The van der Waals surface area contributed by atoms with E-state index < -0.39 is 11.7 Å². The first-order valence-corrected chi connectivity index (χ1v) is 13.9. The van der Waals surface area contributed by atoms with Crippen molar-refractivity contribution in [2.45, 2.75) is 19.8 Å². The van der Waals surface area contributed by atoms with Gasteiger partial charge >= 0.3 is 0 Å². The quantitative estimate of drug-likeness (QED) is 0.376. The Morgan fingerprint density at radius 2 is 1.71 bits per heavy atom. The topological polar surface area (TPSA) is 48.4 Å². The lowest BCUT2D eigenvalue weighted by Crippen LogP contribution is -2.56. The van der Waals surface area contributed by atoms with Crippen LogP contribution in [0.3, 0.4) is 0 Å². The van der Waals surface area contributed by atoms with Crippen LogP contribution in [-0.4, -0.2) is 84.7 Å². The maximum Gasteiger partial charge on any atom is 0.272 e. The molecule has 3 aliphatic rings. The van der Waals surface area contributed by atoms with Crippen LogP contribution in [0.2, 0.25) is 0 Å². The van der Waals surface area contributed by atoms with Gasteiger partial charge in [0.2, 0.25) is 11.8 Å². The molecule has 41 heavy (non-hydrogen) atoms. The molecule has 0 aromatic heterocycles. The van der Waals surface area contributed by atoms with Crippen molar-refractivity contribution in [3.05, 3.63) is 88.7 Å². The van der Waals surface area contributed by atoms with Gasteiger partial charge < -0.3 is 14.5 Å². The number of piperazine rings is 1. The first-order valence-electron chi connectivity index (χ1n) is 13.5. The lowest BCUT2D eigenvalue weighted by Gasteiger charge is -2.38. The van der Waals surface area contributed by atoms with Crippen molar-refractivity contribution in [3.8, 4) is 0 Å². The second-order valence-electron chi connectivity index (χ2n) is 10.5. The summed E-state index contributed by atoms with van der Waals surface area (Å²) in [4.78, 5) is 21.7. The number of hydrogen-bond acceptors (Lipinski definition) is 5. The van der Waals surface area contributed by atoms with Gasteiger partial charge in [-0.3, -0.25) is 9.69 Å². The Morgan fingerprint density at radius 3 is 2.39 bits per heavy atom. The Morgan fingerprint density at radius 1 is 1.05 bits per heavy atom. The zero-order valence-electron chi connectivity index (χ0n) is 23.1. The Hall–Kier alpha value is -3.56. The minimum atomic E-state index is -2.66. The summed E-state index contributed by atoms with van der Waals surface area (Å²) < 4.78 is 48.5. The third-order valence-electron chi connectivity index (χ3n) is 7.66. The van der Waals surface area contributed by atoms with Crippen LogP contribution < -0.4 is 0 Å². The Balaban J connectivity index is 1.49. The van der Waals surface area contributed by atoms with Gasteiger partial charge in [-0.15, -0.1) is 0 Å². The van der Waals surface area contributed by atoms with E-state index in [9.17, 15) is 13.6 Å². The van der Waals surface area contributed by atoms with E-state index in [2.05, 4.69) is 16.5 Å². The number of allylic oxidation sites excluding steroid dienone is 6. The predicted molar refractivity (Wildman–Crippen MR) is 156 cm³/mol. The third-order valence-corrected chi connectivity index (χ3v) is 7.96. The van der Waals surface area contributed by atoms with E-state index >= 15 is 4.39 Å². The SMILES string of the molecule is C=C(/N=C1/C(F)=C(c2cccc3ccccc23)C(Cl)=C/C1=C(/C)N1CCN(C(C)=O)CC1)OCCN1CC(F)(F)C1. The largest absolute Gasteiger partial charge is 0.477 e. The van der Waals surface area contributed by atoms with E-state index in [0.717, 1.165) is 16.5 Å². The maximum absolute atomic E-state index is 16.6. The number of likely N-dealkylation sites (tertiary alicyclic amines) is 1. The van der Waals surface area contributed by atoms with Crippen LogP contribution in [0, 0.1) is 0 Å². The number of hydrogen-bond donors (Lipinski definition) is 0. The van der Waals surface area contributed by atoms with Gasteiger partial charge in [-0.1, -0.05) is 54.1 Å². The van der Waals surface area contributed by atoms with Gasteiger partial charge in [0, 0.05) is 56.5 Å². The lowest BCUT2D eigenvalue weighted by molar-refractivity contribution is -0.133. The van der Waals surface area contributed by atoms with Gasteiger partial charge in [-0.25, -0.2) is 18.2 Å². The summed E-state index contributed by atoms with van der Waals surface area (Å²) in [6, 6.07) is 13.3. The number of fused-ring (bicyclic) bond motifs is 1. The number of nitrogens with zero attached hydrogens (tertiary/aromatic N) is 4. The molecule has 6 nitrogen and oxygen atoms in total. The molecule has 2 aromatic rings. The zero-order chi connectivity index (χ0) is 29.3. The molecule has 0 unspecified atom stereocenters. The van der Waals surface area contributed by atoms with Crippen LogP contribution in [0.25, 0.3) is 16.3 Å². The number of halogens is 4. The molecule has 216 valence electrons. The first kappa shape index (κ1) is 29.0. The normalized spacial score (nSPS) is 21.6. The van der Waals surface area contributed by atoms with Crippen molar-refractivity contribution in [2.24, 2.45) is 4.99 Å². The van der Waals surface area contributed by atoms with E-state index in [1.807, 2.05) is 49.4 Å². The van der Waals surface area contributed by atoms with Crippen LogP contribution in [0.1, 0.15) is 19.4 Å². The molecule has 1 aliphatic carbocycles. The number of benzene rings is 2. The van der Waals surface area contributed by atoms with Gasteiger partial charge in [0.15, 0.2) is 5.83 Å². The molecule has 2 aromatic carbocycles. The van der Waals surface area contributed by atoms with E-state index in [1.165, 1.54) is 0 Å². The number of carbonyl (C=O) groups is 1. The average molecular weight is 585 g/mol. The summed E-state index contributed by atoms with van der Waals surface area (Å²) in [6.07, 6.45) is 1.71. The lowest BCUT2D eigenvalue weighted by atomic mass is 9.90. The molecule has 2 heterocycles. The van der Waals surface area contributed by atoms with Gasteiger partial charge in [0.1, 0.15) is 12.3 Å². The molecule has 0 spiro atoms. The van der Waals surface area contributed by atoms with Crippen molar-refractivity contribution in [2.75, 3.05) is 52.4 Å².